The fraction of sp³-hybridized carbons (Fsp3) is 0.429. The van der Waals surface area contributed by atoms with Gasteiger partial charge in [0.2, 0.25) is 5.91 Å². The Kier molecular flexibility index (Phi) is 4.34. The molecule has 6 heteroatoms. The van der Waals surface area contributed by atoms with Crippen molar-refractivity contribution in [2.24, 2.45) is 5.92 Å². The third kappa shape index (κ3) is 2.96. The van der Waals surface area contributed by atoms with Gasteiger partial charge in [0.1, 0.15) is 5.82 Å². The first-order valence-corrected chi connectivity index (χ1v) is 6.45. The second-order valence-electron chi connectivity index (χ2n) is 4.87. The highest BCUT2D eigenvalue weighted by Gasteiger charge is 2.30. The maximum Gasteiger partial charge on any atom is 0.340 e. The van der Waals surface area contributed by atoms with Crippen molar-refractivity contribution < 1.29 is 18.7 Å². The van der Waals surface area contributed by atoms with E-state index in [1.54, 1.807) is 0 Å². The smallest absolute Gasteiger partial charge is 0.340 e. The number of hydrogen-bond acceptors (Lipinski definition) is 4. The lowest BCUT2D eigenvalue weighted by Crippen LogP contribution is -2.39. The minimum atomic E-state index is -0.688. The van der Waals surface area contributed by atoms with E-state index in [0.717, 1.165) is 19.0 Å². The summed E-state index contributed by atoms with van der Waals surface area (Å²) in [6.45, 7) is 2.77. The molecule has 1 amide bonds. The summed E-state index contributed by atoms with van der Waals surface area (Å²) in [6.07, 6.45) is 0.922. The van der Waals surface area contributed by atoms with Crippen molar-refractivity contribution in [3.8, 4) is 0 Å². The van der Waals surface area contributed by atoms with E-state index >= 15 is 0 Å². The molecule has 2 unspecified atom stereocenters. The van der Waals surface area contributed by atoms with E-state index in [1.807, 2.05) is 6.92 Å². The molecule has 1 heterocycles. The summed E-state index contributed by atoms with van der Waals surface area (Å²) in [6, 6.07) is 3.30. The van der Waals surface area contributed by atoms with Crippen molar-refractivity contribution in [2.45, 2.75) is 19.4 Å². The number of halogens is 1. The van der Waals surface area contributed by atoms with Crippen molar-refractivity contribution >= 4 is 17.6 Å². The first kappa shape index (κ1) is 14.5. The summed E-state index contributed by atoms with van der Waals surface area (Å²) >= 11 is 0. The van der Waals surface area contributed by atoms with Crippen molar-refractivity contribution in [1.29, 1.82) is 0 Å². The molecule has 108 valence electrons. The van der Waals surface area contributed by atoms with Crippen LogP contribution in [-0.2, 0) is 9.53 Å². The lowest BCUT2D eigenvalue weighted by Gasteiger charge is -2.16. The molecule has 1 saturated heterocycles. The molecular weight excluding hydrogens is 263 g/mol. The molecule has 1 aromatic carbocycles. The molecule has 20 heavy (non-hydrogen) atoms. The SMILES string of the molecule is COC(=O)c1cc(F)ccc1NC(=O)C1NCCC1C. The largest absolute Gasteiger partial charge is 0.465 e. The summed E-state index contributed by atoms with van der Waals surface area (Å²) in [5.74, 6) is -1.26. The normalized spacial score (nSPS) is 21.6. The van der Waals surface area contributed by atoms with E-state index in [4.69, 9.17) is 0 Å². The van der Waals surface area contributed by atoms with E-state index in [0.29, 0.717) is 0 Å². The van der Waals surface area contributed by atoms with E-state index in [1.165, 1.54) is 19.2 Å². The van der Waals surface area contributed by atoms with Crippen LogP contribution in [0.2, 0.25) is 0 Å². The van der Waals surface area contributed by atoms with Crippen LogP contribution in [0.1, 0.15) is 23.7 Å². The van der Waals surface area contributed by atoms with Gasteiger partial charge in [-0.1, -0.05) is 6.92 Å². The van der Waals surface area contributed by atoms with Gasteiger partial charge in [-0.25, -0.2) is 9.18 Å². The van der Waals surface area contributed by atoms with Gasteiger partial charge in [-0.15, -0.1) is 0 Å². The van der Waals surface area contributed by atoms with E-state index in [-0.39, 0.29) is 29.1 Å². The van der Waals surface area contributed by atoms with Crippen LogP contribution in [-0.4, -0.2) is 31.6 Å². The molecule has 0 saturated carbocycles. The van der Waals surface area contributed by atoms with E-state index in [9.17, 15) is 14.0 Å². The summed E-state index contributed by atoms with van der Waals surface area (Å²) in [5.41, 5.74) is 0.260. The number of ether oxygens (including phenoxy) is 1. The molecule has 1 aliphatic rings. The molecule has 0 radical (unpaired) electrons. The predicted molar refractivity (Wildman–Crippen MR) is 71.9 cm³/mol. The third-order valence-electron chi connectivity index (χ3n) is 3.46. The second-order valence-corrected chi connectivity index (χ2v) is 4.87. The molecule has 0 bridgehead atoms. The van der Waals surface area contributed by atoms with Crippen LogP contribution in [0.3, 0.4) is 0 Å². The average molecular weight is 280 g/mol. The van der Waals surface area contributed by atoms with Crippen molar-refractivity contribution in [3.05, 3.63) is 29.6 Å². The number of esters is 1. The van der Waals surface area contributed by atoms with Gasteiger partial charge in [-0.2, -0.15) is 0 Å². The minimum Gasteiger partial charge on any atom is -0.465 e. The molecule has 0 spiro atoms. The van der Waals surface area contributed by atoms with Crippen LogP contribution in [0.25, 0.3) is 0 Å². The Morgan fingerprint density at radius 2 is 2.20 bits per heavy atom. The minimum absolute atomic E-state index is 0.00602. The standard InChI is InChI=1S/C14H17FN2O3/c1-8-5-6-16-12(8)13(18)17-11-4-3-9(15)7-10(11)14(19)20-2/h3-4,7-8,12,16H,5-6H2,1-2H3,(H,17,18). The van der Waals surface area contributed by atoms with Crippen LogP contribution < -0.4 is 10.6 Å². The summed E-state index contributed by atoms with van der Waals surface area (Å²) in [5, 5.41) is 5.75. The molecule has 2 rings (SSSR count). The van der Waals surface area contributed by atoms with Gasteiger partial charge < -0.3 is 15.4 Å². The fourth-order valence-electron chi connectivity index (χ4n) is 2.30. The van der Waals surface area contributed by atoms with Crippen LogP contribution in [0.4, 0.5) is 10.1 Å². The monoisotopic (exact) mass is 280 g/mol. The van der Waals surface area contributed by atoms with Crippen LogP contribution in [0.15, 0.2) is 18.2 Å². The Morgan fingerprint density at radius 3 is 2.80 bits per heavy atom. The number of benzene rings is 1. The Hall–Kier alpha value is -1.95. The molecule has 5 nitrogen and oxygen atoms in total. The number of rotatable bonds is 3. The molecule has 1 fully saturated rings. The van der Waals surface area contributed by atoms with Gasteiger partial charge in [0.25, 0.3) is 0 Å². The quantitative estimate of drug-likeness (QED) is 0.824. The number of carbonyl (C=O) groups is 2. The van der Waals surface area contributed by atoms with E-state index in [2.05, 4.69) is 15.4 Å². The highest BCUT2D eigenvalue weighted by atomic mass is 19.1. The lowest BCUT2D eigenvalue weighted by atomic mass is 10.0. The van der Waals surface area contributed by atoms with Crippen molar-refractivity contribution in [2.75, 3.05) is 19.0 Å². The molecule has 0 aromatic heterocycles. The van der Waals surface area contributed by atoms with Crippen molar-refractivity contribution in [3.63, 3.8) is 0 Å². The second kappa shape index (κ2) is 6.00. The van der Waals surface area contributed by atoms with Crippen molar-refractivity contribution in [1.82, 2.24) is 5.32 Å². The van der Waals surface area contributed by atoms with Gasteiger partial charge >= 0.3 is 5.97 Å². The first-order valence-electron chi connectivity index (χ1n) is 6.45. The topological polar surface area (TPSA) is 67.4 Å². The lowest BCUT2D eigenvalue weighted by molar-refractivity contribution is -0.118. The Morgan fingerprint density at radius 1 is 1.45 bits per heavy atom. The summed E-state index contributed by atoms with van der Waals surface area (Å²) < 4.78 is 17.8. The van der Waals surface area contributed by atoms with Gasteiger partial charge in [-0.05, 0) is 37.1 Å². The van der Waals surface area contributed by atoms with Gasteiger partial charge in [0.15, 0.2) is 0 Å². The summed E-state index contributed by atoms with van der Waals surface area (Å²) in [7, 11) is 1.21. The summed E-state index contributed by atoms with van der Waals surface area (Å²) in [4.78, 5) is 23.8. The van der Waals surface area contributed by atoms with Gasteiger partial charge in [-0.3, -0.25) is 4.79 Å². The molecule has 0 aliphatic carbocycles. The van der Waals surface area contributed by atoms with Gasteiger partial charge in [0.05, 0.1) is 24.4 Å². The molecule has 2 atom stereocenters. The Balaban J connectivity index is 2.20. The fourth-order valence-corrected chi connectivity index (χ4v) is 2.30. The highest BCUT2D eigenvalue weighted by molar-refractivity contribution is 6.02. The Labute approximate surface area is 116 Å². The number of carbonyl (C=O) groups excluding carboxylic acids is 2. The van der Waals surface area contributed by atoms with Crippen LogP contribution in [0, 0.1) is 11.7 Å². The van der Waals surface area contributed by atoms with Crippen LogP contribution >= 0.6 is 0 Å². The number of hydrogen-bond donors (Lipinski definition) is 2. The number of anilines is 1. The number of amides is 1. The zero-order valence-corrected chi connectivity index (χ0v) is 11.4. The Bertz CT molecular complexity index is 533. The highest BCUT2D eigenvalue weighted by Crippen LogP contribution is 2.21. The first-order chi connectivity index (χ1) is 9.52. The zero-order valence-electron chi connectivity index (χ0n) is 11.4. The predicted octanol–water partition coefficient (Wildman–Crippen LogP) is 1.55. The zero-order chi connectivity index (χ0) is 14.7. The average Bonchev–Trinajstić information content (AvgIpc) is 2.86. The molecule has 2 N–H and O–H groups in total. The maximum atomic E-state index is 13.2. The van der Waals surface area contributed by atoms with Gasteiger partial charge in [0, 0.05) is 0 Å². The molecule has 1 aromatic rings. The molecular formula is C14H17FN2O3. The third-order valence-corrected chi connectivity index (χ3v) is 3.46. The molecule has 1 aliphatic heterocycles. The number of methoxy groups -OCH3 is 1. The number of nitrogens with one attached hydrogen (secondary N) is 2. The maximum absolute atomic E-state index is 13.2. The van der Waals surface area contributed by atoms with E-state index < -0.39 is 11.8 Å². The van der Waals surface area contributed by atoms with Crippen LogP contribution in [0.5, 0.6) is 0 Å².